The van der Waals surface area contributed by atoms with Crippen LogP contribution in [0.4, 0.5) is 4.79 Å². The van der Waals surface area contributed by atoms with Crippen molar-refractivity contribution >= 4 is 29.8 Å². The van der Waals surface area contributed by atoms with Gasteiger partial charge in [0.15, 0.2) is 0 Å². The van der Waals surface area contributed by atoms with Crippen LogP contribution in [0.1, 0.15) is 87.5 Å². The smallest absolute Gasteiger partial charge is 0.407 e. The Labute approximate surface area is 219 Å². The lowest BCUT2D eigenvalue weighted by Gasteiger charge is -2.25. The average molecular weight is 531 g/mol. The number of esters is 1. The molecule has 0 fully saturated rings. The molecule has 0 aromatic carbocycles. The van der Waals surface area contributed by atoms with Crippen molar-refractivity contribution in [2.75, 3.05) is 6.54 Å². The average Bonchev–Trinajstić information content (AvgIpc) is 2.68. The molecule has 0 rings (SSSR count). The van der Waals surface area contributed by atoms with Crippen molar-refractivity contribution in [1.82, 2.24) is 16.0 Å². The van der Waals surface area contributed by atoms with Crippen LogP contribution in [0.2, 0.25) is 0 Å². The maximum Gasteiger partial charge on any atom is 0.407 e. The Balaban J connectivity index is 5.15. The van der Waals surface area contributed by atoms with E-state index in [4.69, 9.17) is 15.2 Å². The van der Waals surface area contributed by atoms with E-state index in [1.165, 1.54) is 0 Å². The SMILES string of the molecule is CC(C)C[C@H](N)C(=O)N[C@@H](CC(=O)OC(C)(C)C)C(=O)N[C@@H](CCCCNC(=O)OC(C)(C)C)C(=O)O. The summed E-state index contributed by atoms with van der Waals surface area (Å²) < 4.78 is 10.4. The van der Waals surface area contributed by atoms with Crippen molar-refractivity contribution in [3.8, 4) is 0 Å². The molecule has 214 valence electrons. The highest BCUT2D eigenvalue weighted by molar-refractivity contribution is 5.94. The molecule has 6 N–H and O–H groups in total. The number of aliphatic carboxylic acids is 1. The summed E-state index contributed by atoms with van der Waals surface area (Å²) >= 11 is 0. The van der Waals surface area contributed by atoms with E-state index in [1.807, 2.05) is 13.8 Å². The number of carboxylic acid groups (broad SMARTS) is 1. The van der Waals surface area contributed by atoms with Crippen molar-refractivity contribution < 1.29 is 38.6 Å². The number of nitrogens with one attached hydrogen (secondary N) is 3. The lowest BCUT2D eigenvalue weighted by atomic mass is 10.0. The molecule has 12 nitrogen and oxygen atoms in total. The molecule has 0 heterocycles. The van der Waals surface area contributed by atoms with Crippen molar-refractivity contribution in [2.24, 2.45) is 11.7 Å². The van der Waals surface area contributed by atoms with Crippen molar-refractivity contribution in [2.45, 2.75) is 117 Å². The predicted molar refractivity (Wildman–Crippen MR) is 137 cm³/mol. The van der Waals surface area contributed by atoms with Crippen LogP contribution in [0.3, 0.4) is 0 Å². The van der Waals surface area contributed by atoms with E-state index in [0.29, 0.717) is 19.3 Å². The molecule has 3 amide bonds. The normalized spacial score (nSPS) is 14.2. The standard InChI is InChI=1S/C25H46N4O8/c1-15(2)13-16(26)20(31)29-18(14-19(30)36-24(3,4)5)21(32)28-17(22(33)34)11-9-10-12-27-23(35)37-25(6,7)8/h15-18H,9-14,26H2,1-8H3,(H,27,35)(H,28,32)(H,29,31)(H,33,34)/t16-,17-,18-/m0/s1. The minimum atomic E-state index is -1.36. The summed E-state index contributed by atoms with van der Waals surface area (Å²) in [5.41, 5.74) is 4.46. The Morgan fingerprint density at radius 1 is 0.838 bits per heavy atom. The Morgan fingerprint density at radius 3 is 1.86 bits per heavy atom. The van der Waals surface area contributed by atoms with Crippen molar-refractivity contribution in [1.29, 1.82) is 0 Å². The van der Waals surface area contributed by atoms with Crippen LogP contribution in [0, 0.1) is 5.92 Å². The Kier molecular flexibility index (Phi) is 14.2. The van der Waals surface area contributed by atoms with Crippen molar-refractivity contribution in [3.05, 3.63) is 0 Å². The minimum absolute atomic E-state index is 0.0665. The van der Waals surface area contributed by atoms with E-state index in [-0.39, 0.29) is 18.9 Å². The quantitative estimate of drug-likeness (QED) is 0.165. The number of unbranched alkanes of at least 4 members (excludes halogenated alkanes) is 1. The molecule has 0 aliphatic rings. The lowest BCUT2D eigenvalue weighted by Crippen LogP contribution is -2.55. The summed E-state index contributed by atoms with van der Waals surface area (Å²) in [6.07, 6.45) is 0.178. The number of carbonyl (C=O) groups excluding carboxylic acids is 4. The molecule has 0 unspecified atom stereocenters. The maximum atomic E-state index is 12.9. The Bertz CT molecular complexity index is 787. The predicted octanol–water partition coefficient (Wildman–Crippen LogP) is 1.84. The van der Waals surface area contributed by atoms with Crippen LogP contribution in [-0.4, -0.2) is 70.8 Å². The molecule has 37 heavy (non-hydrogen) atoms. The number of carbonyl (C=O) groups is 5. The van der Waals surface area contributed by atoms with Gasteiger partial charge in [-0.3, -0.25) is 14.4 Å². The molecule has 0 radical (unpaired) electrons. The second-order valence-electron chi connectivity index (χ2n) is 11.4. The van der Waals surface area contributed by atoms with Gasteiger partial charge in [-0.2, -0.15) is 0 Å². The minimum Gasteiger partial charge on any atom is -0.480 e. The highest BCUT2D eigenvalue weighted by Gasteiger charge is 2.31. The molecular formula is C25H46N4O8. The van der Waals surface area contributed by atoms with Gasteiger partial charge in [-0.15, -0.1) is 0 Å². The third-order valence-corrected chi connectivity index (χ3v) is 4.69. The fourth-order valence-corrected chi connectivity index (χ4v) is 3.16. The van der Waals surface area contributed by atoms with Gasteiger partial charge in [-0.25, -0.2) is 9.59 Å². The van der Waals surface area contributed by atoms with E-state index in [2.05, 4.69) is 16.0 Å². The number of carboxylic acids is 1. The molecule has 0 saturated heterocycles. The Hall–Kier alpha value is -2.89. The second-order valence-corrected chi connectivity index (χ2v) is 11.4. The number of hydrogen-bond donors (Lipinski definition) is 5. The molecule has 0 aromatic heterocycles. The van der Waals surface area contributed by atoms with Gasteiger partial charge in [0.2, 0.25) is 11.8 Å². The highest BCUT2D eigenvalue weighted by Crippen LogP contribution is 2.11. The summed E-state index contributed by atoms with van der Waals surface area (Å²) in [5.74, 6) is -3.34. The van der Waals surface area contributed by atoms with Crippen LogP contribution in [0.15, 0.2) is 0 Å². The topological polar surface area (TPSA) is 186 Å². The summed E-state index contributed by atoms with van der Waals surface area (Å²) in [7, 11) is 0. The van der Waals surface area contributed by atoms with Gasteiger partial charge in [0.05, 0.1) is 12.5 Å². The molecule has 0 aliphatic carbocycles. The molecular weight excluding hydrogens is 484 g/mol. The van der Waals surface area contributed by atoms with Gasteiger partial charge in [-0.1, -0.05) is 13.8 Å². The molecule has 12 heteroatoms. The third-order valence-electron chi connectivity index (χ3n) is 4.69. The van der Waals surface area contributed by atoms with Crippen molar-refractivity contribution in [3.63, 3.8) is 0 Å². The van der Waals surface area contributed by atoms with E-state index in [0.717, 1.165) is 0 Å². The van der Waals surface area contributed by atoms with E-state index in [9.17, 15) is 29.1 Å². The number of amides is 3. The van der Waals surface area contributed by atoms with E-state index >= 15 is 0 Å². The fraction of sp³-hybridized carbons (Fsp3) is 0.800. The number of hydrogen-bond acceptors (Lipinski definition) is 8. The zero-order valence-electron chi connectivity index (χ0n) is 23.4. The van der Waals surface area contributed by atoms with Gasteiger partial charge in [-0.05, 0) is 73.1 Å². The summed E-state index contributed by atoms with van der Waals surface area (Å²) in [4.78, 5) is 61.3. The van der Waals surface area contributed by atoms with E-state index < -0.39 is 65.6 Å². The molecule has 0 spiro atoms. The van der Waals surface area contributed by atoms with E-state index in [1.54, 1.807) is 41.5 Å². The van der Waals surface area contributed by atoms with Gasteiger partial charge in [0, 0.05) is 6.54 Å². The lowest BCUT2D eigenvalue weighted by molar-refractivity contribution is -0.156. The summed E-state index contributed by atoms with van der Waals surface area (Å²) in [6.45, 7) is 14.2. The van der Waals surface area contributed by atoms with Gasteiger partial charge < -0.3 is 36.3 Å². The number of ether oxygens (including phenoxy) is 2. The van der Waals surface area contributed by atoms with Gasteiger partial charge in [0.1, 0.15) is 23.3 Å². The second kappa shape index (κ2) is 15.4. The summed E-state index contributed by atoms with van der Waals surface area (Å²) in [5, 5.41) is 17.0. The first-order chi connectivity index (χ1) is 16.8. The zero-order chi connectivity index (χ0) is 29.0. The maximum absolute atomic E-state index is 12.9. The molecule has 0 aromatic rings. The van der Waals surface area contributed by atoms with Crippen LogP contribution in [0.25, 0.3) is 0 Å². The van der Waals surface area contributed by atoms with Crippen LogP contribution < -0.4 is 21.7 Å². The summed E-state index contributed by atoms with van der Waals surface area (Å²) in [6, 6.07) is -3.53. The highest BCUT2D eigenvalue weighted by atomic mass is 16.6. The zero-order valence-corrected chi connectivity index (χ0v) is 23.4. The third kappa shape index (κ3) is 17.2. The largest absolute Gasteiger partial charge is 0.480 e. The van der Waals surface area contributed by atoms with Crippen LogP contribution in [0.5, 0.6) is 0 Å². The monoisotopic (exact) mass is 530 g/mol. The Morgan fingerprint density at radius 2 is 1.38 bits per heavy atom. The molecule has 0 bridgehead atoms. The first-order valence-electron chi connectivity index (χ1n) is 12.6. The number of rotatable bonds is 14. The fourth-order valence-electron chi connectivity index (χ4n) is 3.16. The first-order valence-corrected chi connectivity index (χ1v) is 12.6. The number of alkyl carbamates (subject to hydrolysis) is 1. The van der Waals surface area contributed by atoms with Crippen LogP contribution >= 0.6 is 0 Å². The molecule has 0 aliphatic heterocycles. The van der Waals surface area contributed by atoms with Gasteiger partial charge in [0.25, 0.3) is 0 Å². The molecule has 0 saturated carbocycles. The molecule has 3 atom stereocenters. The number of nitrogens with two attached hydrogens (primary N) is 1. The van der Waals surface area contributed by atoms with Crippen LogP contribution in [-0.2, 0) is 28.7 Å². The van der Waals surface area contributed by atoms with Gasteiger partial charge >= 0.3 is 18.0 Å². The first kappa shape index (κ1) is 34.1.